The van der Waals surface area contributed by atoms with Gasteiger partial charge in [0.15, 0.2) is 0 Å². The number of halogens is 1. The van der Waals surface area contributed by atoms with Crippen molar-refractivity contribution in [3.8, 4) is 11.3 Å². The summed E-state index contributed by atoms with van der Waals surface area (Å²) in [5.74, 6) is -0.0996. The van der Waals surface area contributed by atoms with Gasteiger partial charge >= 0.3 is 12.0 Å². The van der Waals surface area contributed by atoms with Gasteiger partial charge in [-0.15, -0.1) is 0 Å². The van der Waals surface area contributed by atoms with Gasteiger partial charge in [0.25, 0.3) is 0 Å². The van der Waals surface area contributed by atoms with Crippen molar-refractivity contribution in [2.75, 3.05) is 5.32 Å². The summed E-state index contributed by atoms with van der Waals surface area (Å²) < 4.78 is 5.63. The van der Waals surface area contributed by atoms with Crippen molar-refractivity contribution in [1.82, 2.24) is 5.43 Å². The Hall–Kier alpha value is -3.58. The zero-order valence-electron chi connectivity index (χ0n) is 14.8. The molecule has 0 unspecified atom stereocenters. The van der Waals surface area contributed by atoms with Gasteiger partial charge in [-0.25, -0.2) is 15.0 Å². The molecule has 3 rings (SSSR count). The first-order chi connectivity index (χ1) is 13.4. The van der Waals surface area contributed by atoms with Crippen LogP contribution in [0.25, 0.3) is 11.3 Å². The second kappa shape index (κ2) is 8.41. The number of urea groups is 1. The normalized spacial score (nSPS) is 10.8. The van der Waals surface area contributed by atoms with E-state index in [-0.39, 0.29) is 5.56 Å². The van der Waals surface area contributed by atoms with Gasteiger partial charge in [0.1, 0.15) is 11.5 Å². The molecule has 3 aromatic rings. The van der Waals surface area contributed by atoms with Crippen LogP contribution in [0.1, 0.15) is 21.7 Å². The number of rotatable bonds is 5. The Labute approximate surface area is 165 Å². The number of carbonyl (C=O) groups excluding carboxylic acids is 1. The molecule has 1 heterocycles. The van der Waals surface area contributed by atoms with Crippen molar-refractivity contribution in [3.63, 3.8) is 0 Å². The van der Waals surface area contributed by atoms with Gasteiger partial charge in [-0.2, -0.15) is 5.10 Å². The predicted octanol–water partition coefficient (Wildman–Crippen LogP) is 4.76. The van der Waals surface area contributed by atoms with E-state index in [0.29, 0.717) is 33.4 Å². The summed E-state index contributed by atoms with van der Waals surface area (Å²) in [6.45, 7) is 1.73. The fourth-order valence-electron chi connectivity index (χ4n) is 2.43. The van der Waals surface area contributed by atoms with Crippen LogP contribution in [-0.4, -0.2) is 23.3 Å². The quantitative estimate of drug-likeness (QED) is 0.426. The fraction of sp³-hybridized carbons (Fsp3) is 0.0500. The van der Waals surface area contributed by atoms with Crippen molar-refractivity contribution < 1.29 is 19.1 Å². The molecule has 0 radical (unpaired) electrons. The largest absolute Gasteiger partial charge is 0.478 e. The Morgan fingerprint density at radius 1 is 1.11 bits per heavy atom. The summed E-state index contributed by atoms with van der Waals surface area (Å²) >= 11 is 5.79. The number of nitrogens with zero attached hydrogens (tertiary/aromatic N) is 1. The van der Waals surface area contributed by atoms with Crippen molar-refractivity contribution in [2.24, 2.45) is 5.10 Å². The zero-order chi connectivity index (χ0) is 20.1. The van der Waals surface area contributed by atoms with Crippen LogP contribution < -0.4 is 10.7 Å². The number of aromatic carboxylic acids is 1. The van der Waals surface area contributed by atoms with E-state index in [0.717, 1.165) is 0 Å². The molecule has 3 N–H and O–H groups in total. The Morgan fingerprint density at radius 3 is 2.57 bits per heavy atom. The van der Waals surface area contributed by atoms with Gasteiger partial charge < -0.3 is 14.8 Å². The van der Waals surface area contributed by atoms with E-state index in [1.54, 1.807) is 61.5 Å². The molecule has 1 aromatic heterocycles. The summed E-state index contributed by atoms with van der Waals surface area (Å²) in [5, 5.41) is 16.2. The molecular weight excluding hydrogens is 382 g/mol. The maximum absolute atomic E-state index is 11.8. The van der Waals surface area contributed by atoms with E-state index in [2.05, 4.69) is 15.8 Å². The molecule has 0 spiro atoms. The third-order valence-corrected chi connectivity index (χ3v) is 4.09. The van der Waals surface area contributed by atoms with Crippen molar-refractivity contribution in [3.05, 3.63) is 76.5 Å². The van der Waals surface area contributed by atoms with Gasteiger partial charge in [-0.05, 0) is 55.0 Å². The molecule has 8 heteroatoms. The summed E-state index contributed by atoms with van der Waals surface area (Å²) in [4.78, 5) is 23.1. The molecule has 0 bridgehead atoms. The first kappa shape index (κ1) is 19.2. The van der Waals surface area contributed by atoms with E-state index in [1.807, 2.05) is 0 Å². The number of benzene rings is 2. The number of aryl methyl sites for hydroxylation is 1. The van der Waals surface area contributed by atoms with Crippen LogP contribution in [0.4, 0.5) is 10.5 Å². The lowest BCUT2D eigenvalue weighted by molar-refractivity contribution is 0.0696. The van der Waals surface area contributed by atoms with Gasteiger partial charge in [-0.3, -0.25) is 0 Å². The number of nitrogens with one attached hydrogen (secondary N) is 2. The first-order valence-corrected chi connectivity index (χ1v) is 8.60. The molecule has 0 aliphatic carbocycles. The van der Waals surface area contributed by atoms with Crippen LogP contribution in [0.3, 0.4) is 0 Å². The maximum atomic E-state index is 11.8. The van der Waals surface area contributed by atoms with E-state index >= 15 is 0 Å². The first-order valence-electron chi connectivity index (χ1n) is 8.22. The second-order valence-electron chi connectivity index (χ2n) is 5.87. The van der Waals surface area contributed by atoms with Crippen molar-refractivity contribution in [1.29, 1.82) is 0 Å². The molecule has 2 aromatic carbocycles. The molecule has 7 nitrogen and oxygen atoms in total. The fourth-order valence-corrected chi connectivity index (χ4v) is 2.56. The molecule has 0 aliphatic rings. The topological polar surface area (TPSA) is 104 Å². The minimum Gasteiger partial charge on any atom is -0.478 e. The number of amides is 2. The molecule has 142 valence electrons. The van der Waals surface area contributed by atoms with Crippen LogP contribution in [0.15, 0.2) is 64.1 Å². The summed E-state index contributed by atoms with van der Waals surface area (Å²) in [6.07, 6.45) is 1.34. The number of anilines is 1. The highest BCUT2D eigenvalue weighted by Crippen LogP contribution is 2.24. The zero-order valence-corrected chi connectivity index (χ0v) is 15.5. The lowest BCUT2D eigenvalue weighted by Gasteiger charge is -2.03. The van der Waals surface area contributed by atoms with Crippen LogP contribution in [0, 0.1) is 6.92 Å². The van der Waals surface area contributed by atoms with Crippen molar-refractivity contribution in [2.45, 2.75) is 6.92 Å². The SMILES string of the molecule is Cc1ccc(-c2ccc(/C=N/NC(=O)Nc3ccc(Cl)cc3)o2)cc1C(=O)O. The lowest BCUT2D eigenvalue weighted by Crippen LogP contribution is -2.24. The number of carbonyl (C=O) groups is 2. The van der Waals surface area contributed by atoms with Gasteiger partial charge in [0, 0.05) is 16.3 Å². The highest BCUT2D eigenvalue weighted by Gasteiger charge is 2.11. The Balaban J connectivity index is 1.62. The lowest BCUT2D eigenvalue weighted by atomic mass is 10.0. The average molecular weight is 398 g/mol. The maximum Gasteiger partial charge on any atom is 0.339 e. The molecule has 0 aliphatic heterocycles. The van der Waals surface area contributed by atoms with Crippen LogP contribution >= 0.6 is 11.6 Å². The highest BCUT2D eigenvalue weighted by molar-refractivity contribution is 6.30. The molecule has 0 saturated carbocycles. The number of hydrogen-bond acceptors (Lipinski definition) is 4. The summed E-state index contributed by atoms with van der Waals surface area (Å²) in [7, 11) is 0. The van der Waals surface area contributed by atoms with Crippen molar-refractivity contribution >= 4 is 35.5 Å². The van der Waals surface area contributed by atoms with E-state index < -0.39 is 12.0 Å². The predicted molar refractivity (Wildman–Crippen MR) is 107 cm³/mol. The number of hydrogen-bond donors (Lipinski definition) is 3. The van der Waals surface area contributed by atoms with Gasteiger partial charge in [0.05, 0.1) is 11.8 Å². The third kappa shape index (κ3) is 4.77. The van der Waals surface area contributed by atoms with Crippen LogP contribution in [-0.2, 0) is 0 Å². The van der Waals surface area contributed by atoms with Crippen LogP contribution in [0.2, 0.25) is 5.02 Å². The second-order valence-corrected chi connectivity index (χ2v) is 6.30. The van der Waals surface area contributed by atoms with E-state index in [9.17, 15) is 14.7 Å². The average Bonchev–Trinajstić information content (AvgIpc) is 3.12. The minimum atomic E-state index is -0.997. The molecule has 28 heavy (non-hydrogen) atoms. The summed E-state index contributed by atoms with van der Waals surface area (Å²) in [5.41, 5.74) is 4.41. The van der Waals surface area contributed by atoms with E-state index in [1.165, 1.54) is 6.21 Å². The standard InChI is InChI=1S/C20H16ClN3O4/c1-12-2-3-13(10-17(12)19(25)26)18-9-8-16(28-18)11-22-24-20(27)23-15-6-4-14(21)5-7-15/h2-11H,1H3,(H,25,26)(H2,23,24,27)/b22-11+. The number of hydrazone groups is 1. The highest BCUT2D eigenvalue weighted by atomic mass is 35.5. The smallest absolute Gasteiger partial charge is 0.339 e. The molecule has 0 saturated heterocycles. The van der Waals surface area contributed by atoms with Crippen LogP contribution in [0.5, 0.6) is 0 Å². The van der Waals surface area contributed by atoms with E-state index in [4.69, 9.17) is 16.0 Å². The number of carboxylic acid groups (broad SMARTS) is 1. The van der Waals surface area contributed by atoms with Gasteiger partial charge in [-0.1, -0.05) is 23.7 Å². The Kier molecular flexibility index (Phi) is 5.76. The van der Waals surface area contributed by atoms with Gasteiger partial charge in [0.2, 0.25) is 0 Å². The Bertz CT molecular complexity index is 1040. The molecule has 0 atom stereocenters. The molecular formula is C20H16ClN3O4. The Morgan fingerprint density at radius 2 is 1.86 bits per heavy atom. The molecule has 2 amide bonds. The third-order valence-electron chi connectivity index (χ3n) is 3.84. The minimum absolute atomic E-state index is 0.213. The summed E-state index contributed by atoms with van der Waals surface area (Å²) in [6, 6.07) is 14.5. The molecule has 0 fully saturated rings. The number of furan rings is 1. The number of carboxylic acids is 1. The monoisotopic (exact) mass is 397 g/mol.